The fraction of sp³-hybridized carbons (Fsp3) is 0.125. The second-order valence-corrected chi connectivity index (χ2v) is 7.32. The lowest BCUT2D eigenvalue weighted by molar-refractivity contribution is -0.118. The van der Waals surface area contributed by atoms with E-state index in [1.807, 2.05) is 0 Å². The van der Waals surface area contributed by atoms with Gasteiger partial charge in [0.25, 0.3) is 5.91 Å². The number of rotatable bonds is 7. The van der Waals surface area contributed by atoms with Gasteiger partial charge in [-0.1, -0.05) is 0 Å². The van der Waals surface area contributed by atoms with Crippen molar-refractivity contribution in [3.8, 4) is 16.9 Å². The van der Waals surface area contributed by atoms with Crippen LogP contribution in [-0.2, 0) is 4.79 Å². The van der Waals surface area contributed by atoms with E-state index in [-0.39, 0.29) is 29.7 Å². The molecule has 0 aliphatic rings. The van der Waals surface area contributed by atoms with E-state index < -0.39 is 11.7 Å². The van der Waals surface area contributed by atoms with Gasteiger partial charge in [-0.25, -0.2) is 8.91 Å². The molecule has 8 nitrogen and oxygen atoms in total. The molecule has 0 unspecified atom stereocenters. The predicted octanol–water partition coefficient (Wildman–Crippen LogP) is 3.96. The van der Waals surface area contributed by atoms with Gasteiger partial charge < -0.3 is 4.74 Å². The fourth-order valence-corrected chi connectivity index (χ4v) is 3.16. The average Bonchev–Trinajstić information content (AvgIpc) is 3.19. The molecule has 1 N–H and O–H groups in total. The quantitative estimate of drug-likeness (QED) is 0.431. The maximum absolute atomic E-state index is 14.3. The molecule has 2 aromatic heterocycles. The summed E-state index contributed by atoms with van der Waals surface area (Å²) >= 11 is 0. The van der Waals surface area contributed by atoms with Crippen LogP contribution >= 0.6 is 0 Å². The highest BCUT2D eigenvalue weighted by molar-refractivity contribution is 5.95. The summed E-state index contributed by atoms with van der Waals surface area (Å²) in [7, 11) is 0. The topological polar surface area (TPSA) is 103 Å². The summed E-state index contributed by atoms with van der Waals surface area (Å²) in [5, 5.41) is 6.75. The summed E-state index contributed by atoms with van der Waals surface area (Å²) in [6, 6.07) is 13.9. The van der Waals surface area contributed by atoms with Crippen molar-refractivity contribution in [1.29, 1.82) is 0 Å². The second-order valence-electron chi connectivity index (χ2n) is 7.32. The third-order valence-corrected chi connectivity index (χ3v) is 4.90. The van der Waals surface area contributed by atoms with Gasteiger partial charge in [0.1, 0.15) is 11.6 Å². The van der Waals surface area contributed by atoms with E-state index in [9.17, 15) is 18.8 Å². The molecular formula is C24H19FN4O4. The Kier molecular flexibility index (Phi) is 5.95. The van der Waals surface area contributed by atoms with E-state index in [1.54, 1.807) is 42.6 Å². The second kappa shape index (κ2) is 8.99. The van der Waals surface area contributed by atoms with Crippen molar-refractivity contribution in [3.05, 3.63) is 77.7 Å². The van der Waals surface area contributed by atoms with Crippen molar-refractivity contribution in [2.75, 3.05) is 11.9 Å². The van der Waals surface area contributed by atoms with Crippen molar-refractivity contribution in [2.24, 2.45) is 0 Å². The van der Waals surface area contributed by atoms with Gasteiger partial charge in [0.15, 0.2) is 23.8 Å². The largest absolute Gasteiger partial charge is 0.484 e. The van der Waals surface area contributed by atoms with Crippen molar-refractivity contribution in [1.82, 2.24) is 14.6 Å². The highest BCUT2D eigenvalue weighted by Gasteiger charge is 2.13. The Balaban J connectivity index is 1.46. The number of fused-ring (bicyclic) bond motifs is 1. The number of benzene rings is 2. The van der Waals surface area contributed by atoms with Crippen molar-refractivity contribution >= 4 is 29.1 Å². The Bertz CT molecular complexity index is 1380. The van der Waals surface area contributed by atoms with Crippen LogP contribution in [0.5, 0.6) is 5.75 Å². The van der Waals surface area contributed by atoms with Crippen LogP contribution in [-0.4, -0.2) is 38.7 Å². The molecule has 0 spiro atoms. The van der Waals surface area contributed by atoms with Gasteiger partial charge in [0, 0.05) is 28.5 Å². The molecule has 4 aromatic rings. The Morgan fingerprint density at radius 3 is 2.36 bits per heavy atom. The van der Waals surface area contributed by atoms with E-state index in [0.29, 0.717) is 28.1 Å². The van der Waals surface area contributed by atoms with Crippen molar-refractivity contribution in [2.45, 2.75) is 13.8 Å². The number of Topliss-reactive ketones (excluding diaryl/α,β-unsaturated/α-hetero) is 2. The van der Waals surface area contributed by atoms with Crippen LogP contribution in [0.1, 0.15) is 34.6 Å². The molecule has 4 rings (SSSR count). The number of hydrogen-bond acceptors (Lipinski definition) is 6. The lowest BCUT2D eigenvalue weighted by Gasteiger charge is -2.06. The van der Waals surface area contributed by atoms with E-state index >= 15 is 0 Å². The maximum Gasteiger partial charge on any atom is 0.264 e. The lowest BCUT2D eigenvalue weighted by Crippen LogP contribution is -2.20. The van der Waals surface area contributed by atoms with Gasteiger partial charge in [-0.3, -0.25) is 19.7 Å². The molecule has 1 amide bonds. The first-order chi connectivity index (χ1) is 15.8. The molecule has 2 aromatic carbocycles. The lowest BCUT2D eigenvalue weighted by atomic mass is 10.0. The molecule has 2 heterocycles. The standard InChI is InChI=1S/C24H19FN4O4/c1-14(30)16-3-7-19(8-4-16)33-13-23(32)27-24-26-22-10-6-18(12-29(22)28-24)20-11-17(15(2)31)5-9-21(20)25/h3-12H,13H2,1-2H3,(H,27,28,32). The number of nitrogens with one attached hydrogen (secondary N) is 1. The number of anilines is 1. The molecule has 0 bridgehead atoms. The highest BCUT2D eigenvalue weighted by Crippen LogP contribution is 2.25. The first kappa shape index (κ1) is 21.8. The number of pyridine rings is 1. The van der Waals surface area contributed by atoms with Crippen molar-refractivity contribution in [3.63, 3.8) is 0 Å². The number of carbonyl (C=O) groups is 3. The number of ether oxygens (including phenoxy) is 1. The van der Waals surface area contributed by atoms with Crippen LogP contribution in [0, 0.1) is 5.82 Å². The summed E-state index contributed by atoms with van der Waals surface area (Å²) < 4.78 is 21.2. The zero-order valence-electron chi connectivity index (χ0n) is 17.8. The third kappa shape index (κ3) is 4.93. The number of carbonyl (C=O) groups excluding carboxylic acids is 3. The van der Waals surface area contributed by atoms with Crippen LogP contribution in [0.3, 0.4) is 0 Å². The number of halogens is 1. The first-order valence-corrected chi connectivity index (χ1v) is 10.0. The Labute approximate surface area is 188 Å². The Morgan fingerprint density at radius 1 is 0.970 bits per heavy atom. The predicted molar refractivity (Wildman–Crippen MR) is 119 cm³/mol. The summed E-state index contributed by atoms with van der Waals surface area (Å²) in [6.45, 7) is 2.61. The van der Waals surface area contributed by atoms with Gasteiger partial charge >= 0.3 is 0 Å². The Hall–Kier alpha value is -4.40. The number of ketones is 2. The minimum atomic E-state index is -0.471. The number of amides is 1. The van der Waals surface area contributed by atoms with E-state index in [1.165, 1.54) is 36.6 Å². The monoisotopic (exact) mass is 446 g/mol. The fourth-order valence-electron chi connectivity index (χ4n) is 3.16. The minimum Gasteiger partial charge on any atom is -0.484 e. The third-order valence-electron chi connectivity index (χ3n) is 4.90. The van der Waals surface area contributed by atoms with Crippen LogP contribution < -0.4 is 10.1 Å². The molecule has 0 fully saturated rings. The SMILES string of the molecule is CC(=O)c1ccc(OCC(=O)Nc2nc3ccc(-c4cc(C(C)=O)ccc4F)cn3n2)cc1. The zero-order valence-corrected chi connectivity index (χ0v) is 17.8. The summed E-state index contributed by atoms with van der Waals surface area (Å²) in [4.78, 5) is 39.4. The first-order valence-electron chi connectivity index (χ1n) is 10.0. The van der Waals surface area contributed by atoms with Crippen LogP contribution in [0.15, 0.2) is 60.8 Å². The van der Waals surface area contributed by atoms with Crippen LogP contribution in [0.2, 0.25) is 0 Å². The van der Waals surface area contributed by atoms with E-state index in [2.05, 4.69) is 15.4 Å². The molecule has 0 aliphatic carbocycles. The summed E-state index contributed by atoms with van der Waals surface area (Å²) in [5.74, 6) is -0.665. The molecule has 0 radical (unpaired) electrons. The average molecular weight is 446 g/mol. The zero-order chi connectivity index (χ0) is 23.5. The Morgan fingerprint density at radius 2 is 1.67 bits per heavy atom. The molecule has 0 saturated heterocycles. The number of nitrogens with zero attached hydrogens (tertiary/aromatic N) is 3. The number of hydrogen-bond donors (Lipinski definition) is 1. The van der Waals surface area contributed by atoms with Gasteiger partial charge in [-0.15, -0.1) is 5.10 Å². The molecule has 33 heavy (non-hydrogen) atoms. The molecule has 0 atom stereocenters. The molecule has 0 aliphatic heterocycles. The summed E-state index contributed by atoms with van der Waals surface area (Å²) in [6.07, 6.45) is 1.56. The molecule has 9 heteroatoms. The van der Waals surface area contributed by atoms with Gasteiger partial charge in [-0.05, 0) is 68.4 Å². The molecular weight excluding hydrogens is 427 g/mol. The summed E-state index contributed by atoms with van der Waals surface area (Å²) in [5.41, 5.74) is 2.15. The minimum absolute atomic E-state index is 0.0605. The highest BCUT2D eigenvalue weighted by atomic mass is 19.1. The van der Waals surface area contributed by atoms with Gasteiger partial charge in [-0.2, -0.15) is 4.98 Å². The van der Waals surface area contributed by atoms with E-state index in [4.69, 9.17) is 4.74 Å². The maximum atomic E-state index is 14.3. The van der Waals surface area contributed by atoms with Crippen LogP contribution in [0.4, 0.5) is 10.3 Å². The smallest absolute Gasteiger partial charge is 0.264 e. The van der Waals surface area contributed by atoms with Crippen molar-refractivity contribution < 1.29 is 23.5 Å². The molecule has 0 saturated carbocycles. The molecule has 166 valence electrons. The van der Waals surface area contributed by atoms with E-state index in [0.717, 1.165) is 0 Å². The number of aromatic nitrogens is 3. The van der Waals surface area contributed by atoms with Gasteiger partial charge in [0.2, 0.25) is 5.95 Å². The normalized spacial score (nSPS) is 10.8. The van der Waals surface area contributed by atoms with Crippen LogP contribution in [0.25, 0.3) is 16.8 Å². The van der Waals surface area contributed by atoms with Gasteiger partial charge in [0.05, 0.1) is 0 Å².